The second kappa shape index (κ2) is 7.65. The zero-order chi connectivity index (χ0) is 21.4. The molecule has 3 heterocycles. The molecule has 3 aromatic rings. The van der Waals surface area contributed by atoms with Gasteiger partial charge in [-0.1, -0.05) is 42.5 Å². The summed E-state index contributed by atoms with van der Waals surface area (Å²) in [6, 6.07) is 21.8. The summed E-state index contributed by atoms with van der Waals surface area (Å²) in [5.74, 6) is 1.31. The summed E-state index contributed by atoms with van der Waals surface area (Å²) in [6.45, 7) is 0. The third-order valence-corrected chi connectivity index (χ3v) is 5.36. The Morgan fingerprint density at radius 3 is 2.42 bits per heavy atom. The highest BCUT2D eigenvalue weighted by molar-refractivity contribution is 5.73. The quantitative estimate of drug-likeness (QED) is 0.460. The fourth-order valence-corrected chi connectivity index (χ4v) is 3.70. The number of furan rings is 1. The number of imidazole rings is 1. The van der Waals surface area contributed by atoms with E-state index in [0.29, 0.717) is 23.7 Å². The van der Waals surface area contributed by atoms with Crippen molar-refractivity contribution in [2.45, 2.75) is 6.42 Å². The number of nitrogens with one attached hydrogen (secondary N) is 1. The number of rotatable bonds is 5. The van der Waals surface area contributed by atoms with Crippen molar-refractivity contribution in [1.29, 1.82) is 0 Å². The minimum atomic E-state index is -0.135. The van der Waals surface area contributed by atoms with Crippen LogP contribution in [0.1, 0.15) is 11.5 Å². The lowest BCUT2D eigenvalue weighted by molar-refractivity contribution is 0.519. The van der Waals surface area contributed by atoms with Gasteiger partial charge < -0.3 is 14.3 Å². The first kappa shape index (κ1) is 18.9. The molecule has 0 atom stereocenters. The summed E-state index contributed by atoms with van der Waals surface area (Å²) in [4.78, 5) is 23.5. The Hall–Kier alpha value is -4.06. The largest absolute Gasteiger partial charge is 0.469 e. The van der Waals surface area contributed by atoms with Crippen LogP contribution in [0.2, 0.25) is 0 Å². The van der Waals surface area contributed by atoms with E-state index in [1.165, 1.54) is 0 Å². The first-order valence-electron chi connectivity index (χ1n) is 10.1. The summed E-state index contributed by atoms with van der Waals surface area (Å²) in [7, 11) is 4.02. The van der Waals surface area contributed by atoms with Crippen LogP contribution < -0.4 is 10.5 Å². The smallest absolute Gasteiger partial charge is 0.278 e. The van der Waals surface area contributed by atoms with Crippen LogP contribution in [0.25, 0.3) is 28.3 Å². The van der Waals surface area contributed by atoms with Gasteiger partial charge in [-0.25, -0.2) is 4.98 Å². The van der Waals surface area contributed by atoms with E-state index in [1.807, 2.05) is 74.9 Å². The van der Waals surface area contributed by atoms with Crippen molar-refractivity contribution in [3.05, 3.63) is 101 Å². The Balaban J connectivity index is 1.70. The molecule has 2 aliphatic rings. The van der Waals surface area contributed by atoms with Crippen LogP contribution in [0.5, 0.6) is 0 Å². The molecule has 2 aliphatic heterocycles. The lowest BCUT2D eigenvalue weighted by atomic mass is 10.1. The van der Waals surface area contributed by atoms with Crippen LogP contribution in [0.4, 0.5) is 5.69 Å². The number of hydrogen-bond acceptors (Lipinski definition) is 4. The molecular weight excluding hydrogens is 388 g/mol. The van der Waals surface area contributed by atoms with Gasteiger partial charge in [-0.2, -0.15) is 0 Å². The molecule has 31 heavy (non-hydrogen) atoms. The van der Waals surface area contributed by atoms with Gasteiger partial charge >= 0.3 is 0 Å². The van der Waals surface area contributed by atoms with Crippen LogP contribution in [0.3, 0.4) is 0 Å². The van der Waals surface area contributed by atoms with Gasteiger partial charge in [0.1, 0.15) is 11.5 Å². The Bertz CT molecular complexity index is 1330. The van der Waals surface area contributed by atoms with E-state index < -0.39 is 0 Å². The molecule has 0 radical (unpaired) electrons. The number of aromatic nitrogens is 3. The molecule has 2 aromatic carbocycles. The Labute approximate surface area is 179 Å². The van der Waals surface area contributed by atoms with E-state index in [4.69, 9.17) is 9.40 Å². The average Bonchev–Trinajstić information content (AvgIpc) is 3.42. The maximum atomic E-state index is 13.2. The second-order valence-corrected chi connectivity index (χ2v) is 7.66. The topological polar surface area (TPSA) is 67.1 Å². The van der Waals surface area contributed by atoms with Gasteiger partial charge in [-0.3, -0.25) is 9.36 Å². The Kier molecular flexibility index (Phi) is 4.67. The predicted molar refractivity (Wildman–Crippen MR) is 122 cm³/mol. The molecule has 5 rings (SSSR count). The second-order valence-electron chi connectivity index (χ2n) is 7.66. The molecular formula is C25H22N4O2. The monoisotopic (exact) mass is 410 g/mol. The van der Waals surface area contributed by atoms with Crippen molar-refractivity contribution in [1.82, 2.24) is 14.5 Å². The molecule has 1 N–H and O–H groups in total. The fraction of sp³-hybridized carbons (Fsp3) is 0.120. The maximum absolute atomic E-state index is 13.2. The van der Waals surface area contributed by atoms with E-state index in [1.54, 1.807) is 10.8 Å². The highest BCUT2D eigenvalue weighted by Crippen LogP contribution is 2.30. The van der Waals surface area contributed by atoms with Crippen molar-refractivity contribution in [2.75, 3.05) is 19.0 Å². The zero-order valence-electron chi connectivity index (χ0n) is 17.4. The van der Waals surface area contributed by atoms with Crippen molar-refractivity contribution in [2.24, 2.45) is 0 Å². The molecule has 0 aliphatic carbocycles. The molecule has 6 heteroatoms. The molecule has 6 nitrogen and oxygen atoms in total. The third kappa shape index (κ3) is 3.53. The highest BCUT2D eigenvalue weighted by Gasteiger charge is 2.21. The van der Waals surface area contributed by atoms with Gasteiger partial charge in [0.25, 0.3) is 5.56 Å². The first-order chi connectivity index (χ1) is 15.1. The highest BCUT2D eigenvalue weighted by atomic mass is 16.3. The molecule has 0 amide bonds. The van der Waals surface area contributed by atoms with E-state index in [2.05, 4.69) is 22.0 Å². The molecule has 154 valence electrons. The number of H-pyrrole nitrogens is 1. The van der Waals surface area contributed by atoms with Gasteiger partial charge in [-0.15, -0.1) is 0 Å². The molecule has 0 spiro atoms. The molecule has 0 saturated carbocycles. The number of benzene rings is 2. The van der Waals surface area contributed by atoms with Gasteiger partial charge in [0.15, 0.2) is 5.82 Å². The maximum Gasteiger partial charge on any atom is 0.278 e. The summed E-state index contributed by atoms with van der Waals surface area (Å²) < 4.78 is 7.06. The fourth-order valence-electron chi connectivity index (χ4n) is 3.70. The molecule has 0 bridgehead atoms. The Morgan fingerprint density at radius 2 is 1.74 bits per heavy atom. The SMILES string of the molecule is CN(C)c1ccc(-c2[nH]c(-c3ccccc3)cn3c(=O)c(Cc4ccco4)nc2-3)cc1. The number of aromatic amines is 1. The minimum absolute atomic E-state index is 0.135. The number of hydrogen-bond donors (Lipinski definition) is 1. The summed E-state index contributed by atoms with van der Waals surface area (Å²) in [5, 5.41) is 0. The van der Waals surface area contributed by atoms with Crippen LogP contribution in [0, 0.1) is 0 Å². The van der Waals surface area contributed by atoms with Gasteiger partial charge in [0, 0.05) is 31.5 Å². The zero-order valence-corrected chi connectivity index (χ0v) is 17.4. The van der Waals surface area contributed by atoms with E-state index in [9.17, 15) is 4.79 Å². The standard InChI is InChI=1S/C25H22N4O2/c1-28(2)19-12-10-18(11-13-19)23-24-27-21(15-20-9-6-14-31-20)25(30)29(24)16-22(26-23)17-7-4-3-5-8-17/h3-14,16,26H,15H2,1-2H3. The summed E-state index contributed by atoms with van der Waals surface area (Å²) >= 11 is 0. The summed E-state index contributed by atoms with van der Waals surface area (Å²) in [6.07, 6.45) is 3.78. The van der Waals surface area contributed by atoms with Crippen LogP contribution in [-0.4, -0.2) is 28.6 Å². The lowest BCUT2D eigenvalue weighted by Crippen LogP contribution is -2.16. The van der Waals surface area contributed by atoms with Crippen molar-refractivity contribution < 1.29 is 4.42 Å². The molecule has 1 aromatic heterocycles. The predicted octanol–water partition coefficient (Wildman–Crippen LogP) is 4.58. The molecule has 0 saturated heterocycles. The van der Waals surface area contributed by atoms with E-state index in [0.717, 1.165) is 28.2 Å². The number of anilines is 1. The summed E-state index contributed by atoms with van der Waals surface area (Å²) in [5.41, 5.74) is 5.03. The average molecular weight is 410 g/mol. The van der Waals surface area contributed by atoms with Gasteiger partial charge in [-0.05, 0) is 29.8 Å². The van der Waals surface area contributed by atoms with E-state index in [-0.39, 0.29) is 5.56 Å². The van der Waals surface area contributed by atoms with E-state index >= 15 is 0 Å². The van der Waals surface area contributed by atoms with Gasteiger partial charge in [0.2, 0.25) is 0 Å². The minimum Gasteiger partial charge on any atom is -0.469 e. The first-order valence-corrected chi connectivity index (χ1v) is 10.1. The number of nitrogens with zero attached hydrogens (tertiary/aromatic N) is 3. The van der Waals surface area contributed by atoms with Gasteiger partial charge in [0.05, 0.1) is 24.1 Å². The van der Waals surface area contributed by atoms with Crippen LogP contribution in [-0.2, 0) is 6.42 Å². The van der Waals surface area contributed by atoms with Crippen molar-refractivity contribution in [3.8, 4) is 28.3 Å². The normalized spacial score (nSPS) is 11.2. The molecule has 0 unspecified atom stereocenters. The lowest BCUT2D eigenvalue weighted by Gasteiger charge is -2.15. The Morgan fingerprint density at radius 1 is 0.968 bits per heavy atom. The third-order valence-electron chi connectivity index (χ3n) is 5.36. The van der Waals surface area contributed by atoms with Crippen LogP contribution in [0.15, 0.2) is 88.4 Å². The van der Waals surface area contributed by atoms with Crippen LogP contribution >= 0.6 is 0 Å². The van der Waals surface area contributed by atoms with Crippen molar-refractivity contribution in [3.63, 3.8) is 0 Å². The van der Waals surface area contributed by atoms with Crippen molar-refractivity contribution >= 4 is 5.69 Å². The molecule has 0 fully saturated rings. The number of fused-ring (bicyclic) bond motifs is 1.